The fraction of sp³-hybridized carbons (Fsp3) is 0.871. The molecule has 0 saturated heterocycles. The van der Waals surface area contributed by atoms with Crippen molar-refractivity contribution in [2.45, 2.75) is 125 Å². The zero-order valence-corrected chi connectivity index (χ0v) is 23.4. The van der Waals surface area contributed by atoms with Crippen molar-refractivity contribution in [2.24, 2.45) is 46.3 Å². The second-order valence-electron chi connectivity index (χ2n) is 13.5. The maximum Gasteiger partial charge on any atom is 0.303 e. The second-order valence-corrected chi connectivity index (χ2v) is 13.5. The minimum atomic E-state index is -0.197. The number of fused-ring (bicyclic) bond motifs is 5. The Morgan fingerprint density at radius 2 is 1.66 bits per heavy atom. The van der Waals surface area contributed by atoms with Crippen molar-refractivity contribution in [1.82, 2.24) is 0 Å². The smallest absolute Gasteiger partial charge is 0.303 e. The predicted molar refractivity (Wildman–Crippen MR) is 140 cm³/mol. The van der Waals surface area contributed by atoms with E-state index < -0.39 is 0 Å². The van der Waals surface area contributed by atoms with Crippen LogP contribution in [0.5, 0.6) is 0 Å². The summed E-state index contributed by atoms with van der Waals surface area (Å²) in [5.41, 5.74) is 1.83. The highest BCUT2D eigenvalue weighted by atomic mass is 16.5. The van der Waals surface area contributed by atoms with Crippen molar-refractivity contribution >= 4 is 11.9 Å². The molecule has 35 heavy (non-hydrogen) atoms. The van der Waals surface area contributed by atoms with E-state index in [0.29, 0.717) is 23.2 Å². The van der Waals surface area contributed by atoms with Crippen molar-refractivity contribution in [3.05, 3.63) is 11.6 Å². The molecule has 9 atom stereocenters. The van der Waals surface area contributed by atoms with Gasteiger partial charge in [0.25, 0.3) is 0 Å². The van der Waals surface area contributed by atoms with Gasteiger partial charge in [-0.2, -0.15) is 0 Å². The first-order valence-electron chi connectivity index (χ1n) is 14.5. The lowest BCUT2D eigenvalue weighted by Gasteiger charge is -2.59. The Morgan fingerprint density at radius 3 is 2.31 bits per heavy atom. The molecule has 4 nitrogen and oxygen atoms in total. The maximum absolute atomic E-state index is 12.2. The average molecular weight is 487 g/mol. The lowest BCUT2D eigenvalue weighted by atomic mass is 9.46. The zero-order chi connectivity index (χ0) is 25.5. The van der Waals surface area contributed by atoms with E-state index in [1.165, 1.54) is 57.4 Å². The summed E-state index contributed by atoms with van der Waals surface area (Å²) in [5, 5.41) is 0. The SMILES string of the molecule is CC(=O)OC1CCC2(C)C(=CC(OC(C)=O)C3C2CCC2(C)C(C(C)CCCC(C)C)CCC32)C1. The Bertz CT molecular complexity index is 830. The van der Waals surface area contributed by atoms with E-state index in [1.54, 1.807) is 6.92 Å². The Morgan fingerprint density at radius 1 is 0.943 bits per heavy atom. The van der Waals surface area contributed by atoms with Crippen LogP contribution in [0.3, 0.4) is 0 Å². The van der Waals surface area contributed by atoms with Gasteiger partial charge in [-0.15, -0.1) is 0 Å². The quantitative estimate of drug-likeness (QED) is 0.276. The summed E-state index contributed by atoms with van der Waals surface area (Å²) in [7, 11) is 0. The molecule has 0 N–H and O–H groups in total. The molecular weight excluding hydrogens is 436 g/mol. The van der Waals surface area contributed by atoms with E-state index in [0.717, 1.165) is 37.0 Å². The van der Waals surface area contributed by atoms with Gasteiger partial charge in [0.05, 0.1) is 0 Å². The second kappa shape index (κ2) is 10.2. The van der Waals surface area contributed by atoms with Crippen molar-refractivity contribution in [3.63, 3.8) is 0 Å². The van der Waals surface area contributed by atoms with Gasteiger partial charge in [-0.25, -0.2) is 0 Å². The summed E-state index contributed by atoms with van der Waals surface area (Å²) in [6.07, 6.45) is 14.0. The molecular formula is C31H50O4. The molecule has 0 heterocycles. The van der Waals surface area contributed by atoms with Crippen LogP contribution in [-0.2, 0) is 19.1 Å². The molecule has 3 saturated carbocycles. The Kier molecular flexibility index (Phi) is 7.80. The average Bonchev–Trinajstić information content (AvgIpc) is 3.10. The van der Waals surface area contributed by atoms with Crippen LogP contribution in [0.4, 0.5) is 0 Å². The van der Waals surface area contributed by atoms with Crippen LogP contribution in [0.1, 0.15) is 113 Å². The fourth-order valence-corrected chi connectivity index (χ4v) is 9.25. The number of rotatable bonds is 7. The van der Waals surface area contributed by atoms with Gasteiger partial charge < -0.3 is 9.47 Å². The van der Waals surface area contributed by atoms with Crippen molar-refractivity contribution in [3.8, 4) is 0 Å². The van der Waals surface area contributed by atoms with Crippen molar-refractivity contribution < 1.29 is 19.1 Å². The minimum absolute atomic E-state index is 0.0437. The van der Waals surface area contributed by atoms with Crippen LogP contribution < -0.4 is 0 Å². The summed E-state index contributed by atoms with van der Waals surface area (Å²) < 4.78 is 11.7. The van der Waals surface area contributed by atoms with Crippen LogP contribution >= 0.6 is 0 Å². The maximum atomic E-state index is 12.2. The predicted octanol–water partition coefficient (Wildman–Crippen LogP) is 7.50. The van der Waals surface area contributed by atoms with Gasteiger partial charge in [-0.3, -0.25) is 9.59 Å². The molecule has 4 heteroatoms. The van der Waals surface area contributed by atoms with E-state index >= 15 is 0 Å². The molecule has 198 valence electrons. The third kappa shape index (κ3) is 5.10. The van der Waals surface area contributed by atoms with Gasteiger partial charge in [-0.05, 0) is 85.0 Å². The number of ether oxygens (including phenoxy) is 2. The van der Waals surface area contributed by atoms with Gasteiger partial charge in [-0.1, -0.05) is 59.5 Å². The molecule has 0 aromatic carbocycles. The highest BCUT2D eigenvalue weighted by molar-refractivity contribution is 5.67. The normalized spacial score (nSPS) is 41.3. The van der Waals surface area contributed by atoms with Crippen LogP contribution in [-0.4, -0.2) is 24.1 Å². The third-order valence-electron chi connectivity index (χ3n) is 10.9. The summed E-state index contributed by atoms with van der Waals surface area (Å²) >= 11 is 0. The topological polar surface area (TPSA) is 52.6 Å². The first kappa shape index (κ1) is 26.7. The third-order valence-corrected chi connectivity index (χ3v) is 10.9. The zero-order valence-electron chi connectivity index (χ0n) is 23.4. The highest BCUT2D eigenvalue weighted by Gasteiger charge is 2.62. The van der Waals surface area contributed by atoms with Crippen molar-refractivity contribution in [2.75, 3.05) is 0 Å². The van der Waals surface area contributed by atoms with Gasteiger partial charge in [0.2, 0.25) is 0 Å². The van der Waals surface area contributed by atoms with Gasteiger partial charge in [0.15, 0.2) is 0 Å². The standard InChI is InChI=1S/C31H50O4/c1-19(2)9-8-10-20(3)25-11-12-26-29-27(14-16-31(25,26)7)30(6)15-13-24(34-21(4)32)17-23(30)18-28(29)35-22(5)33/h18-20,24-29H,8-17H2,1-7H3. The molecule has 4 aliphatic carbocycles. The summed E-state index contributed by atoms with van der Waals surface area (Å²) in [6, 6.07) is 0. The molecule has 0 aliphatic heterocycles. The molecule has 3 fully saturated rings. The number of hydrogen-bond acceptors (Lipinski definition) is 4. The Labute approximate surface area is 214 Å². The monoisotopic (exact) mass is 486 g/mol. The molecule has 0 amide bonds. The summed E-state index contributed by atoms with van der Waals surface area (Å²) in [6.45, 7) is 15.3. The summed E-state index contributed by atoms with van der Waals surface area (Å²) in [4.78, 5) is 23.9. The number of hydrogen-bond donors (Lipinski definition) is 0. The summed E-state index contributed by atoms with van der Waals surface area (Å²) in [5.74, 6) is 3.51. The van der Waals surface area contributed by atoms with Gasteiger partial charge in [0.1, 0.15) is 12.2 Å². The molecule has 9 unspecified atom stereocenters. The number of carbonyl (C=O) groups is 2. The molecule has 4 aliphatic rings. The van der Waals surface area contributed by atoms with Gasteiger partial charge in [0, 0.05) is 26.2 Å². The molecule has 0 aromatic rings. The van der Waals surface area contributed by atoms with Crippen LogP contribution in [0, 0.1) is 46.3 Å². The number of carbonyl (C=O) groups excluding carboxylic acids is 2. The van der Waals surface area contributed by atoms with Crippen LogP contribution in [0.2, 0.25) is 0 Å². The number of esters is 2. The largest absolute Gasteiger partial charge is 0.462 e. The molecule has 0 spiro atoms. The van der Waals surface area contributed by atoms with Gasteiger partial charge >= 0.3 is 11.9 Å². The van der Waals surface area contributed by atoms with Crippen molar-refractivity contribution in [1.29, 1.82) is 0 Å². The lowest BCUT2D eigenvalue weighted by molar-refractivity contribution is -0.159. The van der Waals surface area contributed by atoms with E-state index in [9.17, 15) is 9.59 Å². The Hall–Kier alpha value is -1.32. The molecule has 0 radical (unpaired) electrons. The highest BCUT2D eigenvalue weighted by Crippen LogP contribution is 2.67. The Balaban J connectivity index is 1.60. The first-order chi connectivity index (χ1) is 16.5. The van der Waals surface area contributed by atoms with E-state index in [1.807, 2.05) is 0 Å². The van der Waals surface area contributed by atoms with E-state index in [-0.39, 0.29) is 29.6 Å². The molecule has 4 rings (SSSR count). The lowest BCUT2D eigenvalue weighted by Crippen LogP contribution is -2.55. The first-order valence-corrected chi connectivity index (χ1v) is 14.5. The van der Waals surface area contributed by atoms with E-state index in [2.05, 4.69) is 40.7 Å². The van der Waals surface area contributed by atoms with Crippen LogP contribution in [0.15, 0.2) is 11.6 Å². The fourth-order valence-electron chi connectivity index (χ4n) is 9.25. The molecule has 0 bridgehead atoms. The van der Waals surface area contributed by atoms with E-state index in [4.69, 9.17) is 9.47 Å². The molecule has 0 aromatic heterocycles. The van der Waals surface area contributed by atoms with Crippen LogP contribution in [0.25, 0.3) is 0 Å². The minimum Gasteiger partial charge on any atom is -0.462 e.